The molecule has 0 radical (unpaired) electrons. The average Bonchev–Trinajstić information content (AvgIpc) is 2.57. The summed E-state index contributed by atoms with van der Waals surface area (Å²) in [4.78, 5) is 14.0. The summed E-state index contributed by atoms with van der Waals surface area (Å²) in [5.74, 6) is 0.694. The summed E-state index contributed by atoms with van der Waals surface area (Å²) in [6.07, 6.45) is 1.54. The number of carbonyl (C=O) groups is 1. The number of nitrogens with two attached hydrogens (primary N) is 1. The van der Waals surface area contributed by atoms with Crippen LogP contribution in [-0.2, 0) is 17.7 Å². The fourth-order valence-electron chi connectivity index (χ4n) is 2.47. The van der Waals surface area contributed by atoms with Gasteiger partial charge in [0.1, 0.15) is 11.4 Å². The number of benzene rings is 1. The van der Waals surface area contributed by atoms with Crippen molar-refractivity contribution >= 4 is 11.8 Å². The summed E-state index contributed by atoms with van der Waals surface area (Å²) in [6.45, 7) is 6.84. The minimum absolute atomic E-state index is 0.273. The second-order valence-corrected chi connectivity index (χ2v) is 6.37. The first-order chi connectivity index (χ1) is 9.80. The van der Waals surface area contributed by atoms with E-state index in [-0.39, 0.29) is 6.09 Å². The number of fused-ring (bicyclic) bond motifs is 1. The van der Waals surface area contributed by atoms with Crippen LogP contribution in [0.1, 0.15) is 38.3 Å². The van der Waals surface area contributed by atoms with Crippen molar-refractivity contribution in [3.63, 3.8) is 0 Å². The number of ether oxygens (including phenoxy) is 2. The van der Waals surface area contributed by atoms with Crippen LogP contribution >= 0.6 is 0 Å². The Morgan fingerprint density at radius 2 is 2.00 bits per heavy atom. The molecule has 0 spiro atoms. The van der Waals surface area contributed by atoms with Crippen LogP contribution < -0.4 is 10.5 Å². The molecule has 0 saturated heterocycles. The zero-order valence-electron chi connectivity index (χ0n) is 13.2. The van der Waals surface area contributed by atoms with Gasteiger partial charge in [-0.1, -0.05) is 0 Å². The topological polar surface area (TPSA) is 64.8 Å². The summed E-state index contributed by atoms with van der Waals surface area (Å²) >= 11 is 0. The van der Waals surface area contributed by atoms with Crippen LogP contribution in [0.5, 0.6) is 5.75 Å². The Bertz CT molecular complexity index is 535. The van der Waals surface area contributed by atoms with Gasteiger partial charge in [-0.15, -0.1) is 0 Å². The predicted molar refractivity (Wildman–Crippen MR) is 82.4 cm³/mol. The fourth-order valence-corrected chi connectivity index (χ4v) is 2.47. The van der Waals surface area contributed by atoms with Gasteiger partial charge >= 0.3 is 6.09 Å². The Morgan fingerprint density at radius 1 is 1.29 bits per heavy atom. The molecule has 1 aliphatic heterocycles. The summed E-state index contributed by atoms with van der Waals surface area (Å²) in [6, 6.07) is 3.88. The Hall–Kier alpha value is -1.91. The van der Waals surface area contributed by atoms with E-state index in [1.165, 1.54) is 5.56 Å². The van der Waals surface area contributed by atoms with Crippen molar-refractivity contribution in [3.05, 3.63) is 23.3 Å². The number of hydrogen-bond acceptors (Lipinski definition) is 4. The van der Waals surface area contributed by atoms with Crippen molar-refractivity contribution < 1.29 is 14.3 Å². The smallest absolute Gasteiger partial charge is 0.410 e. The van der Waals surface area contributed by atoms with E-state index < -0.39 is 5.60 Å². The van der Waals surface area contributed by atoms with Gasteiger partial charge in [0.15, 0.2) is 0 Å². The van der Waals surface area contributed by atoms with Gasteiger partial charge in [0.25, 0.3) is 0 Å². The van der Waals surface area contributed by atoms with Gasteiger partial charge in [-0.25, -0.2) is 4.79 Å². The highest BCUT2D eigenvalue weighted by molar-refractivity contribution is 5.69. The molecule has 0 aromatic heterocycles. The number of amides is 1. The average molecular weight is 292 g/mol. The van der Waals surface area contributed by atoms with Crippen molar-refractivity contribution in [2.24, 2.45) is 0 Å². The molecule has 1 aromatic rings. The Kier molecular flexibility index (Phi) is 4.30. The molecule has 0 atom stereocenters. The number of nitrogen functional groups attached to an aromatic ring is 1. The second-order valence-electron chi connectivity index (χ2n) is 6.37. The molecule has 5 heteroatoms. The van der Waals surface area contributed by atoms with Crippen LogP contribution in [0.25, 0.3) is 0 Å². The van der Waals surface area contributed by atoms with Gasteiger partial charge in [0, 0.05) is 13.1 Å². The van der Waals surface area contributed by atoms with Gasteiger partial charge in [-0.05, 0) is 56.9 Å². The molecule has 5 nitrogen and oxygen atoms in total. The number of hydrogen-bond donors (Lipinski definition) is 1. The molecule has 1 aromatic carbocycles. The van der Waals surface area contributed by atoms with Crippen molar-refractivity contribution in [1.29, 1.82) is 0 Å². The maximum Gasteiger partial charge on any atom is 0.410 e. The summed E-state index contributed by atoms with van der Waals surface area (Å²) in [5.41, 5.74) is 8.34. The van der Waals surface area contributed by atoms with E-state index in [2.05, 4.69) is 0 Å². The SMILES string of the molecule is COc1cc2c(cc1N)CN(C(=O)OC(C)(C)C)CCC2. The van der Waals surface area contributed by atoms with E-state index in [0.717, 1.165) is 18.4 Å². The van der Waals surface area contributed by atoms with Gasteiger partial charge in [0.2, 0.25) is 0 Å². The third-order valence-electron chi connectivity index (χ3n) is 3.44. The molecule has 21 heavy (non-hydrogen) atoms. The maximum absolute atomic E-state index is 12.2. The number of anilines is 1. The summed E-state index contributed by atoms with van der Waals surface area (Å²) < 4.78 is 10.7. The Labute approximate surface area is 126 Å². The van der Waals surface area contributed by atoms with Crippen LogP contribution in [0.15, 0.2) is 12.1 Å². The van der Waals surface area contributed by atoms with Crippen LogP contribution in [0, 0.1) is 0 Å². The van der Waals surface area contributed by atoms with Crippen molar-refractivity contribution in [2.45, 2.75) is 45.8 Å². The molecule has 0 fully saturated rings. The largest absolute Gasteiger partial charge is 0.495 e. The number of methoxy groups -OCH3 is 1. The van der Waals surface area contributed by atoms with E-state index >= 15 is 0 Å². The minimum Gasteiger partial charge on any atom is -0.495 e. The lowest BCUT2D eigenvalue weighted by molar-refractivity contribution is 0.0237. The first-order valence-electron chi connectivity index (χ1n) is 7.23. The van der Waals surface area contributed by atoms with E-state index in [9.17, 15) is 4.79 Å². The Morgan fingerprint density at radius 3 is 2.62 bits per heavy atom. The lowest BCUT2D eigenvalue weighted by atomic mass is 10.0. The van der Waals surface area contributed by atoms with E-state index in [0.29, 0.717) is 24.5 Å². The highest BCUT2D eigenvalue weighted by Crippen LogP contribution is 2.29. The van der Waals surface area contributed by atoms with Gasteiger partial charge in [-0.2, -0.15) is 0 Å². The lowest BCUT2D eigenvalue weighted by Gasteiger charge is -2.26. The predicted octanol–water partition coefficient (Wildman–Crippen LogP) is 2.96. The molecule has 2 rings (SSSR count). The molecule has 0 aliphatic carbocycles. The molecule has 0 bridgehead atoms. The van der Waals surface area contributed by atoms with Gasteiger partial charge in [-0.3, -0.25) is 0 Å². The molecular weight excluding hydrogens is 268 g/mol. The first-order valence-corrected chi connectivity index (χ1v) is 7.23. The van der Waals surface area contributed by atoms with Crippen LogP contribution in [-0.4, -0.2) is 30.2 Å². The Balaban J connectivity index is 2.21. The van der Waals surface area contributed by atoms with E-state index in [1.807, 2.05) is 32.9 Å². The fraction of sp³-hybridized carbons (Fsp3) is 0.562. The van der Waals surface area contributed by atoms with Crippen LogP contribution in [0.2, 0.25) is 0 Å². The zero-order valence-corrected chi connectivity index (χ0v) is 13.2. The van der Waals surface area contributed by atoms with Gasteiger partial charge < -0.3 is 20.1 Å². The number of aryl methyl sites for hydroxylation is 1. The van der Waals surface area contributed by atoms with Crippen molar-refractivity contribution in [2.75, 3.05) is 19.4 Å². The standard InChI is InChI=1S/C16H24N2O3/c1-16(2,3)21-15(19)18-7-5-6-11-9-14(20-4)13(17)8-12(11)10-18/h8-9H,5-7,10,17H2,1-4H3. The highest BCUT2D eigenvalue weighted by Gasteiger charge is 2.25. The number of carbonyl (C=O) groups excluding carboxylic acids is 1. The third kappa shape index (κ3) is 3.80. The van der Waals surface area contributed by atoms with Crippen molar-refractivity contribution in [3.8, 4) is 5.75 Å². The molecule has 1 aliphatic rings. The van der Waals surface area contributed by atoms with E-state index in [4.69, 9.17) is 15.2 Å². The molecule has 0 saturated carbocycles. The number of nitrogens with zero attached hydrogens (tertiary/aromatic N) is 1. The molecule has 116 valence electrons. The van der Waals surface area contributed by atoms with Crippen LogP contribution in [0.3, 0.4) is 0 Å². The van der Waals surface area contributed by atoms with Gasteiger partial charge in [0.05, 0.1) is 12.8 Å². The van der Waals surface area contributed by atoms with Crippen molar-refractivity contribution in [1.82, 2.24) is 4.90 Å². The molecule has 1 amide bonds. The quantitative estimate of drug-likeness (QED) is 0.808. The normalized spacial score (nSPS) is 15.1. The lowest BCUT2D eigenvalue weighted by Crippen LogP contribution is -2.36. The second kappa shape index (κ2) is 5.84. The molecule has 0 unspecified atom stereocenters. The summed E-state index contributed by atoms with van der Waals surface area (Å²) in [5, 5.41) is 0. The zero-order chi connectivity index (χ0) is 15.6. The highest BCUT2D eigenvalue weighted by atomic mass is 16.6. The first kappa shape index (κ1) is 15.5. The van der Waals surface area contributed by atoms with Crippen LogP contribution in [0.4, 0.5) is 10.5 Å². The van der Waals surface area contributed by atoms with E-state index in [1.54, 1.807) is 12.0 Å². The number of rotatable bonds is 1. The molecule has 2 N–H and O–H groups in total. The molecule has 1 heterocycles. The monoisotopic (exact) mass is 292 g/mol. The minimum atomic E-state index is -0.481. The third-order valence-corrected chi connectivity index (χ3v) is 3.44. The maximum atomic E-state index is 12.2. The molecular formula is C16H24N2O3. The summed E-state index contributed by atoms with van der Waals surface area (Å²) in [7, 11) is 1.61.